The van der Waals surface area contributed by atoms with Gasteiger partial charge in [0.15, 0.2) is 0 Å². The van der Waals surface area contributed by atoms with Gasteiger partial charge in [-0.2, -0.15) is 0 Å². The number of rotatable bonds is 7. The van der Waals surface area contributed by atoms with Crippen molar-refractivity contribution in [2.24, 2.45) is 0 Å². The number of nitro groups is 2. The lowest BCUT2D eigenvalue weighted by atomic mass is 10.2. The molecule has 0 radical (unpaired) electrons. The molecule has 152 valence electrons. The molecule has 0 aromatic heterocycles. The summed E-state index contributed by atoms with van der Waals surface area (Å²) >= 11 is 6.38. The fourth-order valence-corrected chi connectivity index (χ4v) is 3.82. The van der Waals surface area contributed by atoms with E-state index >= 15 is 0 Å². The van der Waals surface area contributed by atoms with Crippen LogP contribution in [0.2, 0.25) is 0 Å². The normalized spacial score (nSPS) is 14.8. The van der Waals surface area contributed by atoms with Crippen molar-refractivity contribution in [3.8, 4) is 11.5 Å². The molecular formula is C19H13N3O6S2. The monoisotopic (exact) mass is 443 g/mol. The highest BCUT2D eigenvalue weighted by atomic mass is 32.2. The summed E-state index contributed by atoms with van der Waals surface area (Å²) in [7, 11) is 0. The Bertz CT molecular complexity index is 1100. The highest BCUT2D eigenvalue weighted by Crippen LogP contribution is 2.35. The Kier molecular flexibility index (Phi) is 6.23. The Hall–Kier alpha value is -3.57. The second-order valence-electron chi connectivity index (χ2n) is 5.92. The standard InChI is InChI=1S/C19H13N3O6S2/c1-2-9-20-18(23)17(30-19(20)29)10-12-3-6-14(7-4-12)28-16-8-5-13(21(24)25)11-15(16)22(26)27/h2-8,10-11H,1,9H2. The average Bonchev–Trinajstić information content (AvgIpc) is 2.97. The second-order valence-corrected chi connectivity index (χ2v) is 7.59. The van der Waals surface area contributed by atoms with Gasteiger partial charge in [-0.1, -0.05) is 42.2 Å². The van der Waals surface area contributed by atoms with Gasteiger partial charge < -0.3 is 4.74 Å². The summed E-state index contributed by atoms with van der Waals surface area (Å²) < 4.78 is 5.98. The minimum atomic E-state index is -0.748. The third kappa shape index (κ3) is 4.53. The SMILES string of the molecule is C=CCN1C(=O)C(=Cc2ccc(Oc3ccc([N+](=O)[O-])cc3[N+](=O)[O-])cc2)SC1=S. The number of hydrogen-bond donors (Lipinski definition) is 0. The van der Waals surface area contributed by atoms with E-state index in [1.54, 1.807) is 36.4 Å². The first-order valence-corrected chi connectivity index (χ1v) is 9.59. The van der Waals surface area contributed by atoms with Gasteiger partial charge in [0.25, 0.3) is 11.6 Å². The Morgan fingerprint density at radius 3 is 2.43 bits per heavy atom. The van der Waals surface area contributed by atoms with Crippen molar-refractivity contribution in [3.63, 3.8) is 0 Å². The van der Waals surface area contributed by atoms with Crippen LogP contribution in [0.15, 0.2) is 60.0 Å². The Labute approximate surface area is 179 Å². The maximum atomic E-state index is 12.4. The lowest BCUT2D eigenvalue weighted by molar-refractivity contribution is -0.394. The van der Waals surface area contributed by atoms with E-state index in [0.717, 1.165) is 12.1 Å². The smallest absolute Gasteiger partial charge is 0.318 e. The molecule has 0 bridgehead atoms. The summed E-state index contributed by atoms with van der Waals surface area (Å²) in [5, 5.41) is 22.0. The van der Waals surface area contributed by atoms with E-state index in [1.807, 2.05) is 0 Å². The zero-order valence-corrected chi connectivity index (χ0v) is 16.9. The molecule has 2 aromatic rings. The zero-order valence-electron chi connectivity index (χ0n) is 15.2. The molecule has 0 unspecified atom stereocenters. The summed E-state index contributed by atoms with van der Waals surface area (Å²) in [6.07, 6.45) is 3.28. The van der Waals surface area contributed by atoms with Gasteiger partial charge in [0.05, 0.1) is 20.8 Å². The Morgan fingerprint density at radius 2 is 1.83 bits per heavy atom. The number of carbonyl (C=O) groups excluding carboxylic acids is 1. The molecule has 0 N–H and O–H groups in total. The number of carbonyl (C=O) groups is 1. The summed E-state index contributed by atoms with van der Waals surface area (Å²) in [5.41, 5.74) is -0.211. The molecule has 0 atom stereocenters. The molecule has 3 rings (SSSR count). The van der Waals surface area contributed by atoms with Crippen LogP contribution in [-0.4, -0.2) is 31.5 Å². The van der Waals surface area contributed by atoms with Crippen LogP contribution in [0, 0.1) is 20.2 Å². The molecule has 1 aliphatic rings. The lowest BCUT2D eigenvalue weighted by Gasteiger charge is -2.10. The van der Waals surface area contributed by atoms with Crippen LogP contribution in [0.1, 0.15) is 5.56 Å². The van der Waals surface area contributed by atoms with E-state index in [2.05, 4.69) is 6.58 Å². The minimum absolute atomic E-state index is 0.122. The second kappa shape index (κ2) is 8.84. The molecule has 1 heterocycles. The van der Waals surface area contributed by atoms with Gasteiger partial charge in [0.1, 0.15) is 10.1 Å². The van der Waals surface area contributed by atoms with Crippen molar-refractivity contribution in [1.82, 2.24) is 4.90 Å². The minimum Gasteiger partial charge on any atom is -0.450 e. The van der Waals surface area contributed by atoms with Crippen LogP contribution in [-0.2, 0) is 4.79 Å². The van der Waals surface area contributed by atoms with E-state index in [9.17, 15) is 25.0 Å². The molecule has 9 nitrogen and oxygen atoms in total. The molecule has 0 aliphatic carbocycles. The van der Waals surface area contributed by atoms with Crippen LogP contribution < -0.4 is 4.74 Å². The molecule has 0 spiro atoms. The third-order valence-electron chi connectivity index (χ3n) is 3.94. The quantitative estimate of drug-likeness (QED) is 0.199. The number of nitro benzene ring substituents is 2. The molecule has 2 aromatic carbocycles. The van der Waals surface area contributed by atoms with Gasteiger partial charge in [-0.3, -0.25) is 29.9 Å². The van der Waals surface area contributed by atoms with Crippen molar-refractivity contribution in [3.05, 3.63) is 85.8 Å². The maximum absolute atomic E-state index is 12.4. The summed E-state index contributed by atoms with van der Waals surface area (Å²) in [6.45, 7) is 3.94. The van der Waals surface area contributed by atoms with Crippen LogP contribution >= 0.6 is 24.0 Å². The molecule has 1 aliphatic heterocycles. The van der Waals surface area contributed by atoms with E-state index in [0.29, 0.717) is 27.1 Å². The number of thiocarbonyl (C=S) groups is 1. The van der Waals surface area contributed by atoms with Crippen LogP contribution in [0.25, 0.3) is 6.08 Å². The van der Waals surface area contributed by atoms with Crippen molar-refractivity contribution in [1.29, 1.82) is 0 Å². The van der Waals surface area contributed by atoms with Gasteiger partial charge in [-0.15, -0.1) is 6.58 Å². The summed E-state index contributed by atoms with van der Waals surface area (Å²) in [4.78, 5) is 34.8. The predicted octanol–water partition coefficient (Wildman–Crippen LogP) is 4.68. The van der Waals surface area contributed by atoms with Crippen LogP contribution in [0.4, 0.5) is 11.4 Å². The van der Waals surface area contributed by atoms with Crippen molar-refractivity contribution >= 4 is 51.7 Å². The first-order chi connectivity index (χ1) is 14.3. The molecule has 1 saturated heterocycles. The lowest BCUT2D eigenvalue weighted by Crippen LogP contribution is -2.27. The molecular weight excluding hydrogens is 430 g/mol. The fourth-order valence-electron chi connectivity index (χ4n) is 2.55. The van der Waals surface area contributed by atoms with E-state index in [-0.39, 0.29) is 11.7 Å². The van der Waals surface area contributed by atoms with E-state index < -0.39 is 21.2 Å². The Balaban J connectivity index is 1.80. The Morgan fingerprint density at radius 1 is 1.13 bits per heavy atom. The number of hydrogen-bond acceptors (Lipinski definition) is 8. The average molecular weight is 443 g/mol. The van der Waals surface area contributed by atoms with Gasteiger partial charge in [0, 0.05) is 12.6 Å². The number of nitrogens with zero attached hydrogens (tertiary/aromatic N) is 3. The van der Waals surface area contributed by atoms with Crippen LogP contribution in [0.3, 0.4) is 0 Å². The highest BCUT2D eigenvalue weighted by molar-refractivity contribution is 8.26. The van der Waals surface area contributed by atoms with Crippen LogP contribution in [0.5, 0.6) is 11.5 Å². The van der Waals surface area contributed by atoms with Gasteiger partial charge >= 0.3 is 5.69 Å². The van der Waals surface area contributed by atoms with Crippen molar-refractivity contribution < 1.29 is 19.4 Å². The van der Waals surface area contributed by atoms with Crippen molar-refractivity contribution in [2.75, 3.05) is 6.54 Å². The summed E-state index contributed by atoms with van der Waals surface area (Å²) in [6, 6.07) is 9.63. The van der Waals surface area contributed by atoms with Gasteiger partial charge in [-0.25, -0.2) is 0 Å². The molecule has 0 saturated carbocycles. The largest absolute Gasteiger partial charge is 0.450 e. The molecule has 1 fully saturated rings. The number of thioether (sulfide) groups is 1. The topological polar surface area (TPSA) is 116 Å². The molecule has 11 heteroatoms. The van der Waals surface area contributed by atoms with Gasteiger partial charge in [0.2, 0.25) is 5.75 Å². The molecule has 30 heavy (non-hydrogen) atoms. The van der Waals surface area contributed by atoms with Crippen molar-refractivity contribution in [2.45, 2.75) is 0 Å². The number of ether oxygens (including phenoxy) is 1. The highest BCUT2D eigenvalue weighted by Gasteiger charge is 2.30. The summed E-state index contributed by atoms with van der Waals surface area (Å²) in [5.74, 6) is -0.0290. The molecule has 1 amide bonds. The van der Waals surface area contributed by atoms with E-state index in [4.69, 9.17) is 17.0 Å². The first-order valence-electron chi connectivity index (χ1n) is 8.37. The number of benzene rings is 2. The van der Waals surface area contributed by atoms with Gasteiger partial charge in [-0.05, 0) is 29.8 Å². The van der Waals surface area contributed by atoms with E-state index in [1.165, 1.54) is 22.7 Å². The third-order valence-corrected chi connectivity index (χ3v) is 5.32. The number of amides is 1. The first kappa shape index (κ1) is 21.1. The maximum Gasteiger partial charge on any atom is 0.318 e. The number of non-ortho nitro benzene ring substituents is 1. The fraction of sp³-hybridized carbons (Fsp3) is 0.0526. The predicted molar refractivity (Wildman–Crippen MR) is 116 cm³/mol. The zero-order chi connectivity index (χ0) is 21.8.